The summed E-state index contributed by atoms with van der Waals surface area (Å²) in [6.07, 6.45) is 2.76. The molecule has 0 radical (unpaired) electrons. The number of rotatable bonds is 4. The van der Waals surface area contributed by atoms with Crippen molar-refractivity contribution >= 4 is 0 Å². The van der Waals surface area contributed by atoms with E-state index in [1.807, 2.05) is 12.1 Å². The molecule has 1 aliphatic carbocycles. The highest BCUT2D eigenvalue weighted by Gasteiger charge is 2.46. The molecule has 0 aromatic heterocycles. The molecule has 0 amide bonds. The Hall–Kier alpha value is -1.06. The fourth-order valence-corrected chi connectivity index (χ4v) is 3.72. The van der Waals surface area contributed by atoms with Crippen LogP contribution in [0.4, 0.5) is 0 Å². The highest BCUT2D eigenvalue weighted by atomic mass is 16.3. The molecule has 1 saturated carbocycles. The summed E-state index contributed by atoms with van der Waals surface area (Å²) in [5, 5.41) is 13.3. The highest BCUT2D eigenvalue weighted by molar-refractivity contribution is 5.26. The van der Waals surface area contributed by atoms with Crippen LogP contribution in [0.5, 0.6) is 5.75 Å². The second kappa shape index (κ2) is 5.62. The average Bonchev–Trinajstić information content (AvgIpc) is 3.26. The summed E-state index contributed by atoms with van der Waals surface area (Å²) in [5.74, 6) is 1.86. The monoisotopic (exact) mass is 288 g/mol. The lowest BCUT2D eigenvalue weighted by molar-refractivity contribution is 0.0462. The standard InChI is InChI=1S/C18H28N2O/c1-13(2)17-10-19-18(3,15-6-7-15)12-20(17)11-14-4-8-16(21)9-5-14/h4-5,8-9,13,15,17,19,21H,6-7,10-12H2,1-3H3. The number of piperazine rings is 1. The van der Waals surface area contributed by atoms with E-state index in [-0.39, 0.29) is 5.54 Å². The maximum Gasteiger partial charge on any atom is 0.115 e. The summed E-state index contributed by atoms with van der Waals surface area (Å²) < 4.78 is 0. The summed E-state index contributed by atoms with van der Waals surface area (Å²) in [5.41, 5.74) is 1.57. The van der Waals surface area contributed by atoms with Gasteiger partial charge in [0.05, 0.1) is 0 Å². The van der Waals surface area contributed by atoms with Crippen molar-refractivity contribution in [2.75, 3.05) is 13.1 Å². The Labute approximate surface area is 128 Å². The van der Waals surface area contributed by atoms with Gasteiger partial charge in [0.25, 0.3) is 0 Å². The predicted octanol–water partition coefficient (Wildman–Crippen LogP) is 2.99. The zero-order chi connectivity index (χ0) is 15.0. The van der Waals surface area contributed by atoms with Gasteiger partial charge in [0.15, 0.2) is 0 Å². The molecule has 1 aromatic rings. The summed E-state index contributed by atoms with van der Waals surface area (Å²) in [6, 6.07) is 8.27. The van der Waals surface area contributed by atoms with Gasteiger partial charge in [-0.15, -0.1) is 0 Å². The van der Waals surface area contributed by atoms with Crippen LogP contribution in [0.15, 0.2) is 24.3 Å². The lowest BCUT2D eigenvalue weighted by Gasteiger charge is -2.48. The summed E-state index contributed by atoms with van der Waals surface area (Å²) in [7, 11) is 0. The van der Waals surface area contributed by atoms with Crippen molar-refractivity contribution in [1.29, 1.82) is 0 Å². The quantitative estimate of drug-likeness (QED) is 0.894. The molecule has 3 heteroatoms. The zero-order valence-corrected chi connectivity index (χ0v) is 13.5. The first-order valence-corrected chi connectivity index (χ1v) is 8.25. The first kappa shape index (κ1) is 14.9. The van der Waals surface area contributed by atoms with E-state index in [1.165, 1.54) is 18.4 Å². The van der Waals surface area contributed by atoms with E-state index in [4.69, 9.17) is 0 Å². The van der Waals surface area contributed by atoms with Crippen LogP contribution in [-0.2, 0) is 6.54 Å². The van der Waals surface area contributed by atoms with Crippen molar-refractivity contribution in [2.24, 2.45) is 11.8 Å². The van der Waals surface area contributed by atoms with Crippen LogP contribution in [0.2, 0.25) is 0 Å². The molecule has 2 unspecified atom stereocenters. The maximum atomic E-state index is 9.44. The maximum absolute atomic E-state index is 9.44. The van der Waals surface area contributed by atoms with Crippen LogP contribution >= 0.6 is 0 Å². The number of phenolic OH excluding ortho intramolecular Hbond substituents is 1. The first-order chi connectivity index (χ1) is 9.98. The van der Waals surface area contributed by atoms with Gasteiger partial charge in [-0.1, -0.05) is 26.0 Å². The predicted molar refractivity (Wildman–Crippen MR) is 86.3 cm³/mol. The molecule has 0 spiro atoms. The number of phenols is 1. The Morgan fingerprint density at radius 1 is 1.29 bits per heavy atom. The number of aromatic hydroxyl groups is 1. The normalized spacial score (nSPS) is 30.8. The molecule has 3 rings (SSSR count). The Bertz CT molecular complexity index is 480. The minimum atomic E-state index is 0.280. The van der Waals surface area contributed by atoms with Crippen molar-refractivity contribution in [3.63, 3.8) is 0 Å². The van der Waals surface area contributed by atoms with Gasteiger partial charge in [-0.05, 0) is 49.3 Å². The van der Waals surface area contributed by atoms with Crippen LogP contribution in [0.25, 0.3) is 0 Å². The van der Waals surface area contributed by atoms with Crippen molar-refractivity contribution in [1.82, 2.24) is 10.2 Å². The minimum Gasteiger partial charge on any atom is -0.508 e. The Morgan fingerprint density at radius 2 is 1.95 bits per heavy atom. The SMILES string of the molecule is CC(C)C1CNC(C)(C2CC2)CN1Cc1ccc(O)cc1. The minimum absolute atomic E-state index is 0.280. The molecule has 1 heterocycles. The molecule has 3 nitrogen and oxygen atoms in total. The number of benzene rings is 1. The van der Waals surface area contributed by atoms with E-state index < -0.39 is 0 Å². The van der Waals surface area contributed by atoms with Crippen LogP contribution in [-0.4, -0.2) is 34.7 Å². The second-order valence-electron chi connectivity index (χ2n) is 7.46. The van der Waals surface area contributed by atoms with Crippen LogP contribution in [0.1, 0.15) is 39.2 Å². The topological polar surface area (TPSA) is 35.5 Å². The van der Waals surface area contributed by atoms with Gasteiger partial charge < -0.3 is 10.4 Å². The van der Waals surface area contributed by atoms with E-state index >= 15 is 0 Å². The summed E-state index contributed by atoms with van der Waals surface area (Å²) >= 11 is 0. The van der Waals surface area contributed by atoms with Gasteiger partial charge in [-0.3, -0.25) is 4.90 Å². The molecule has 2 atom stereocenters. The van der Waals surface area contributed by atoms with E-state index in [1.54, 1.807) is 12.1 Å². The molecule has 116 valence electrons. The molecule has 2 fully saturated rings. The number of hydrogen-bond acceptors (Lipinski definition) is 3. The number of hydrogen-bond donors (Lipinski definition) is 2. The number of nitrogens with zero attached hydrogens (tertiary/aromatic N) is 1. The second-order valence-corrected chi connectivity index (χ2v) is 7.46. The highest BCUT2D eigenvalue weighted by Crippen LogP contribution is 2.42. The fourth-order valence-electron chi connectivity index (χ4n) is 3.72. The molecule has 1 aliphatic heterocycles. The molecule has 1 saturated heterocycles. The van der Waals surface area contributed by atoms with Crippen LogP contribution < -0.4 is 5.32 Å². The van der Waals surface area contributed by atoms with E-state index in [9.17, 15) is 5.11 Å². The van der Waals surface area contributed by atoms with E-state index in [2.05, 4.69) is 31.0 Å². The molecule has 2 N–H and O–H groups in total. The van der Waals surface area contributed by atoms with Gasteiger partial charge in [0, 0.05) is 31.2 Å². The Kier molecular flexibility index (Phi) is 3.98. The third-order valence-electron chi connectivity index (χ3n) is 5.29. The Balaban J connectivity index is 1.75. The third kappa shape index (κ3) is 3.24. The van der Waals surface area contributed by atoms with Crippen molar-refractivity contribution in [3.8, 4) is 5.75 Å². The van der Waals surface area contributed by atoms with Gasteiger partial charge >= 0.3 is 0 Å². The molecular formula is C18H28N2O. The number of nitrogens with one attached hydrogen (secondary N) is 1. The average molecular weight is 288 g/mol. The van der Waals surface area contributed by atoms with Crippen LogP contribution in [0.3, 0.4) is 0 Å². The first-order valence-electron chi connectivity index (χ1n) is 8.25. The van der Waals surface area contributed by atoms with E-state index in [0.29, 0.717) is 17.7 Å². The molecule has 0 bridgehead atoms. The smallest absolute Gasteiger partial charge is 0.115 e. The van der Waals surface area contributed by atoms with Crippen molar-refractivity contribution < 1.29 is 5.11 Å². The summed E-state index contributed by atoms with van der Waals surface area (Å²) in [6.45, 7) is 10.2. The summed E-state index contributed by atoms with van der Waals surface area (Å²) in [4.78, 5) is 2.64. The Morgan fingerprint density at radius 3 is 2.52 bits per heavy atom. The van der Waals surface area contributed by atoms with Gasteiger partial charge in [-0.2, -0.15) is 0 Å². The third-order valence-corrected chi connectivity index (χ3v) is 5.29. The van der Waals surface area contributed by atoms with Crippen molar-refractivity contribution in [3.05, 3.63) is 29.8 Å². The molecule has 2 aliphatic rings. The van der Waals surface area contributed by atoms with Gasteiger partial charge in [0.1, 0.15) is 5.75 Å². The van der Waals surface area contributed by atoms with Gasteiger partial charge in [-0.25, -0.2) is 0 Å². The lowest BCUT2D eigenvalue weighted by atomic mass is 9.88. The van der Waals surface area contributed by atoms with Crippen molar-refractivity contribution in [2.45, 2.75) is 51.7 Å². The lowest BCUT2D eigenvalue weighted by Crippen LogP contribution is -2.64. The fraction of sp³-hybridized carbons (Fsp3) is 0.667. The van der Waals surface area contributed by atoms with Gasteiger partial charge in [0.2, 0.25) is 0 Å². The molecular weight excluding hydrogens is 260 g/mol. The largest absolute Gasteiger partial charge is 0.508 e. The van der Waals surface area contributed by atoms with Crippen LogP contribution in [0, 0.1) is 11.8 Å². The molecule has 1 aromatic carbocycles. The zero-order valence-electron chi connectivity index (χ0n) is 13.5. The van der Waals surface area contributed by atoms with E-state index in [0.717, 1.165) is 25.6 Å². The molecule has 21 heavy (non-hydrogen) atoms.